The first-order chi connectivity index (χ1) is 5.83. The Labute approximate surface area is 82.7 Å². The molecule has 1 unspecified atom stereocenters. The summed E-state index contributed by atoms with van der Waals surface area (Å²) >= 11 is 11.4. The summed E-state index contributed by atoms with van der Waals surface area (Å²) in [5, 5.41) is 3.15. The molecule has 2 nitrogen and oxygen atoms in total. The largest absolute Gasteiger partial charge is 0.366 e. The van der Waals surface area contributed by atoms with Crippen molar-refractivity contribution in [2.24, 2.45) is 4.99 Å². The second-order valence-electron chi connectivity index (χ2n) is 2.74. The van der Waals surface area contributed by atoms with Gasteiger partial charge in [0.15, 0.2) is 0 Å². The van der Waals surface area contributed by atoms with Gasteiger partial charge in [-0.05, 0) is 25.1 Å². The molecular weight excluding hydrogens is 195 g/mol. The van der Waals surface area contributed by atoms with E-state index in [-0.39, 0.29) is 5.66 Å². The molecule has 0 bridgehead atoms. The second-order valence-corrected chi connectivity index (χ2v) is 3.38. The Hall–Kier alpha value is -0.210. The number of nitrogens with one attached hydrogen (secondary N) is 1. The maximum Gasteiger partial charge on any atom is 0.142 e. The van der Waals surface area contributed by atoms with Crippen molar-refractivity contribution in [1.29, 1.82) is 0 Å². The van der Waals surface area contributed by atoms with Crippen molar-refractivity contribution in [3.63, 3.8) is 0 Å². The summed E-state index contributed by atoms with van der Waals surface area (Å²) in [6.07, 6.45) is 7.29. The Balaban J connectivity index is 2.51. The van der Waals surface area contributed by atoms with Crippen molar-refractivity contribution in [3.05, 3.63) is 12.3 Å². The summed E-state index contributed by atoms with van der Waals surface area (Å²) in [4.78, 5) is 4.30. The molecular formula is C8H12Cl2N2. The van der Waals surface area contributed by atoms with Crippen LogP contribution in [-0.2, 0) is 0 Å². The van der Waals surface area contributed by atoms with Crippen molar-refractivity contribution < 1.29 is 0 Å². The topological polar surface area (TPSA) is 24.4 Å². The number of alkyl halides is 2. The van der Waals surface area contributed by atoms with Gasteiger partial charge in [-0.15, -0.1) is 23.2 Å². The lowest BCUT2D eigenvalue weighted by Gasteiger charge is -2.29. The second kappa shape index (κ2) is 4.73. The maximum absolute atomic E-state index is 5.82. The van der Waals surface area contributed by atoms with E-state index in [1.807, 2.05) is 12.3 Å². The lowest BCUT2D eigenvalue weighted by molar-refractivity contribution is 0.390. The summed E-state index contributed by atoms with van der Waals surface area (Å²) in [6.45, 7) is 0. The first kappa shape index (κ1) is 9.87. The maximum atomic E-state index is 5.82. The third-order valence-electron chi connectivity index (χ3n) is 1.80. The van der Waals surface area contributed by atoms with E-state index in [1.54, 1.807) is 6.21 Å². The third-order valence-corrected chi connectivity index (χ3v) is 2.51. The Morgan fingerprint density at radius 3 is 2.75 bits per heavy atom. The highest BCUT2D eigenvalue weighted by molar-refractivity contribution is 6.19. The van der Waals surface area contributed by atoms with E-state index < -0.39 is 0 Å². The molecule has 1 heterocycles. The standard InChI is InChI=1S/C8H12Cl2N2/c9-4-1-3-8(7-10)11-5-2-6-12-8/h2,5-6,11H,1,3-4,7H2. The van der Waals surface area contributed by atoms with Crippen LogP contribution in [-0.4, -0.2) is 23.6 Å². The summed E-state index contributed by atoms with van der Waals surface area (Å²) in [5.41, 5.74) is -0.314. The van der Waals surface area contributed by atoms with Gasteiger partial charge in [0.1, 0.15) is 5.66 Å². The summed E-state index contributed by atoms with van der Waals surface area (Å²) < 4.78 is 0. The molecule has 4 heteroatoms. The molecule has 1 rings (SSSR count). The predicted octanol–water partition coefficient (Wildman–Crippen LogP) is 2.13. The number of rotatable bonds is 4. The summed E-state index contributed by atoms with van der Waals surface area (Å²) in [5.74, 6) is 1.13. The van der Waals surface area contributed by atoms with Crippen LogP contribution >= 0.6 is 23.2 Å². The van der Waals surface area contributed by atoms with Gasteiger partial charge in [-0.1, -0.05) is 0 Å². The minimum absolute atomic E-state index is 0.314. The molecule has 0 fully saturated rings. The highest BCUT2D eigenvalue weighted by Gasteiger charge is 2.26. The highest BCUT2D eigenvalue weighted by atomic mass is 35.5. The van der Waals surface area contributed by atoms with Crippen LogP contribution < -0.4 is 5.32 Å². The summed E-state index contributed by atoms with van der Waals surface area (Å²) in [6, 6.07) is 0. The van der Waals surface area contributed by atoms with E-state index in [9.17, 15) is 0 Å². The molecule has 0 aliphatic carbocycles. The van der Waals surface area contributed by atoms with Crippen LogP contribution in [0.1, 0.15) is 12.8 Å². The van der Waals surface area contributed by atoms with Crippen LogP contribution in [0.5, 0.6) is 0 Å². The van der Waals surface area contributed by atoms with E-state index in [0.29, 0.717) is 11.8 Å². The van der Waals surface area contributed by atoms with E-state index >= 15 is 0 Å². The quantitative estimate of drug-likeness (QED) is 0.701. The van der Waals surface area contributed by atoms with Gasteiger partial charge >= 0.3 is 0 Å². The molecule has 0 aromatic heterocycles. The minimum atomic E-state index is -0.314. The number of allylic oxidation sites excluding steroid dienone is 1. The fourth-order valence-electron chi connectivity index (χ4n) is 1.11. The van der Waals surface area contributed by atoms with Gasteiger partial charge in [-0.2, -0.15) is 0 Å². The number of aliphatic imine (C=N–C) groups is 1. The molecule has 0 aromatic carbocycles. The molecule has 0 aromatic rings. The Morgan fingerprint density at radius 1 is 1.42 bits per heavy atom. The summed E-state index contributed by atoms with van der Waals surface area (Å²) in [7, 11) is 0. The van der Waals surface area contributed by atoms with E-state index in [4.69, 9.17) is 23.2 Å². The Bertz CT molecular complexity index is 191. The normalized spacial score (nSPS) is 27.2. The Kier molecular flexibility index (Phi) is 3.89. The molecule has 68 valence electrons. The van der Waals surface area contributed by atoms with Gasteiger partial charge < -0.3 is 5.32 Å². The van der Waals surface area contributed by atoms with Gasteiger partial charge in [-0.3, -0.25) is 4.99 Å². The fourth-order valence-corrected chi connectivity index (χ4v) is 1.52. The van der Waals surface area contributed by atoms with Crippen LogP contribution in [0.15, 0.2) is 17.3 Å². The van der Waals surface area contributed by atoms with Crippen molar-refractivity contribution in [2.75, 3.05) is 11.8 Å². The monoisotopic (exact) mass is 206 g/mol. The molecule has 0 saturated carbocycles. The minimum Gasteiger partial charge on any atom is -0.366 e. The van der Waals surface area contributed by atoms with Gasteiger partial charge in [0.2, 0.25) is 0 Å². The molecule has 1 aliphatic rings. The highest BCUT2D eigenvalue weighted by Crippen LogP contribution is 2.18. The van der Waals surface area contributed by atoms with Gasteiger partial charge in [0.25, 0.3) is 0 Å². The van der Waals surface area contributed by atoms with Crippen molar-refractivity contribution in [1.82, 2.24) is 5.32 Å². The fraction of sp³-hybridized carbons (Fsp3) is 0.625. The Morgan fingerprint density at radius 2 is 2.25 bits per heavy atom. The van der Waals surface area contributed by atoms with Gasteiger partial charge in [0.05, 0.1) is 5.88 Å². The average molecular weight is 207 g/mol. The molecule has 1 atom stereocenters. The number of hydrogen-bond acceptors (Lipinski definition) is 2. The van der Waals surface area contributed by atoms with Crippen molar-refractivity contribution >= 4 is 29.4 Å². The van der Waals surface area contributed by atoms with Gasteiger partial charge in [0, 0.05) is 12.1 Å². The SMILES string of the molecule is ClCCCC1(CCl)N=CC=CN1. The zero-order valence-electron chi connectivity index (χ0n) is 6.76. The van der Waals surface area contributed by atoms with E-state index in [0.717, 1.165) is 12.8 Å². The molecule has 1 N–H and O–H groups in total. The van der Waals surface area contributed by atoms with E-state index in [1.165, 1.54) is 0 Å². The number of hydrogen-bond donors (Lipinski definition) is 1. The molecule has 12 heavy (non-hydrogen) atoms. The lowest BCUT2D eigenvalue weighted by Crippen LogP contribution is -2.43. The third kappa shape index (κ3) is 2.39. The van der Waals surface area contributed by atoms with Crippen LogP contribution in [0, 0.1) is 0 Å². The number of nitrogens with zero attached hydrogens (tertiary/aromatic N) is 1. The first-order valence-electron chi connectivity index (χ1n) is 3.93. The van der Waals surface area contributed by atoms with Crippen molar-refractivity contribution in [2.45, 2.75) is 18.5 Å². The smallest absolute Gasteiger partial charge is 0.142 e. The van der Waals surface area contributed by atoms with Crippen LogP contribution in [0.2, 0.25) is 0 Å². The van der Waals surface area contributed by atoms with E-state index in [2.05, 4.69) is 10.3 Å². The first-order valence-corrected chi connectivity index (χ1v) is 5.00. The van der Waals surface area contributed by atoms with Crippen LogP contribution in [0.3, 0.4) is 0 Å². The molecule has 0 saturated heterocycles. The zero-order valence-corrected chi connectivity index (χ0v) is 8.28. The predicted molar refractivity (Wildman–Crippen MR) is 54.2 cm³/mol. The zero-order chi connectivity index (χ0) is 8.86. The number of halogens is 2. The van der Waals surface area contributed by atoms with Crippen LogP contribution in [0.25, 0.3) is 0 Å². The molecule has 1 aliphatic heterocycles. The molecule has 0 amide bonds. The lowest BCUT2D eigenvalue weighted by atomic mass is 10.1. The molecule has 0 spiro atoms. The molecule has 0 radical (unpaired) electrons. The van der Waals surface area contributed by atoms with Gasteiger partial charge in [-0.25, -0.2) is 0 Å². The average Bonchev–Trinajstić information content (AvgIpc) is 2.16. The van der Waals surface area contributed by atoms with Crippen LogP contribution in [0.4, 0.5) is 0 Å². The van der Waals surface area contributed by atoms with Crippen molar-refractivity contribution in [3.8, 4) is 0 Å².